The molecule has 0 radical (unpaired) electrons. The van der Waals surface area contributed by atoms with Crippen LogP contribution in [0.5, 0.6) is 0 Å². The van der Waals surface area contributed by atoms with Gasteiger partial charge in [0.05, 0.1) is 6.10 Å². The first-order chi connectivity index (χ1) is 3.13. The Bertz CT molecular complexity index is 78.9. The van der Waals surface area contributed by atoms with Crippen molar-refractivity contribution in [3.8, 4) is 0 Å². The molecule has 0 aromatic heterocycles. The van der Waals surface area contributed by atoms with Gasteiger partial charge < -0.3 is 12.7 Å². The van der Waals surface area contributed by atoms with E-state index in [0.717, 1.165) is 0 Å². The SMILES string of the molecule is CC(C)OC(=O)O.[Ca+2].[H-].[H-]. The molecule has 0 bridgehead atoms. The summed E-state index contributed by atoms with van der Waals surface area (Å²) in [6.45, 7) is 3.32. The number of carboxylic acid groups (broad SMARTS) is 1. The second-order valence-electron chi connectivity index (χ2n) is 1.43. The van der Waals surface area contributed by atoms with Crippen molar-refractivity contribution in [3.63, 3.8) is 0 Å². The van der Waals surface area contributed by atoms with Gasteiger partial charge in [0.25, 0.3) is 0 Å². The second kappa shape index (κ2) is 5.66. The molecule has 46 valence electrons. The molecule has 4 heteroatoms. The van der Waals surface area contributed by atoms with Crippen LogP contribution in [0.4, 0.5) is 4.79 Å². The molecule has 0 aliphatic rings. The molecule has 1 N–H and O–H groups in total. The van der Waals surface area contributed by atoms with E-state index in [1.807, 2.05) is 0 Å². The number of rotatable bonds is 1. The minimum absolute atomic E-state index is 0. The first kappa shape index (κ1) is 11.3. The van der Waals surface area contributed by atoms with Crippen LogP contribution in [0.15, 0.2) is 0 Å². The molecule has 3 nitrogen and oxygen atoms in total. The standard InChI is InChI=1S/C4H8O3.Ca.2H/c1-3(2)7-4(5)6;;;/h3H,1-2H3,(H,5,6);;;/q;+2;2*-1. The summed E-state index contributed by atoms with van der Waals surface area (Å²) in [6.07, 6.45) is -1.44. The second-order valence-corrected chi connectivity index (χ2v) is 1.43. The quantitative estimate of drug-likeness (QED) is 0.442. The fourth-order valence-electron chi connectivity index (χ4n) is 0.202. The van der Waals surface area contributed by atoms with Gasteiger partial charge in [0.1, 0.15) is 0 Å². The van der Waals surface area contributed by atoms with Crippen LogP contribution in [0.1, 0.15) is 16.7 Å². The van der Waals surface area contributed by atoms with Crippen LogP contribution >= 0.6 is 0 Å². The van der Waals surface area contributed by atoms with Crippen molar-refractivity contribution >= 4 is 43.9 Å². The molecule has 8 heavy (non-hydrogen) atoms. The van der Waals surface area contributed by atoms with E-state index in [1.165, 1.54) is 0 Å². The molecule has 0 amide bonds. The molecule has 0 rings (SSSR count). The number of hydrogen-bond donors (Lipinski definition) is 1. The minimum Gasteiger partial charge on any atom is -1.00 e. The molecule has 0 unspecified atom stereocenters. The van der Waals surface area contributed by atoms with Gasteiger partial charge in [-0.1, -0.05) is 0 Å². The average Bonchev–Trinajstić information content (AvgIpc) is 1.27. The van der Waals surface area contributed by atoms with Gasteiger partial charge in [-0.3, -0.25) is 0 Å². The van der Waals surface area contributed by atoms with Gasteiger partial charge in [-0.2, -0.15) is 0 Å². The van der Waals surface area contributed by atoms with Crippen molar-refractivity contribution in [3.05, 3.63) is 0 Å². The van der Waals surface area contributed by atoms with E-state index in [0.29, 0.717) is 0 Å². The molecule has 0 spiro atoms. The molecule has 0 fully saturated rings. The topological polar surface area (TPSA) is 46.5 Å². The summed E-state index contributed by atoms with van der Waals surface area (Å²) in [6, 6.07) is 0. The number of ether oxygens (including phenoxy) is 1. The Kier molecular flexibility index (Phi) is 8.03. The van der Waals surface area contributed by atoms with Crippen molar-refractivity contribution in [1.29, 1.82) is 0 Å². The fourth-order valence-corrected chi connectivity index (χ4v) is 0.202. The van der Waals surface area contributed by atoms with Gasteiger partial charge in [-0.05, 0) is 13.8 Å². The molecular weight excluding hydrogens is 136 g/mol. The smallest absolute Gasteiger partial charge is 1.00 e. The van der Waals surface area contributed by atoms with Crippen LogP contribution in [0, 0.1) is 0 Å². The predicted octanol–water partition coefficient (Wildman–Crippen LogP) is 0.934. The van der Waals surface area contributed by atoms with Crippen LogP contribution in [-0.2, 0) is 4.74 Å². The van der Waals surface area contributed by atoms with E-state index in [9.17, 15) is 4.79 Å². The zero-order valence-corrected chi connectivity index (χ0v) is 7.26. The van der Waals surface area contributed by atoms with Crippen LogP contribution in [-0.4, -0.2) is 55.1 Å². The summed E-state index contributed by atoms with van der Waals surface area (Å²) in [5.74, 6) is 0. The third-order valence-electron chi connectivity index (χ3n) is 0.337. The maximum absolute atomic E-state index is 9.59. The Morgan fingerprint density at radius 3 is 2.12 bits per heavy atom. The molecule has 0 atom stereocenters. The van der Waals surface area contributed by atoms with Gasteiger partial charge in [0.2, 0.25) is 0 Å². The van der Waals surface area contributed by atoms with Crippen LogP contribution in [0.3, 0.4) is 0 Å². The third-order valence-corrected chi connectivity index (χ3v) is 0.337. The zero-order chi connectivity index (χ0) is 5.86. The van der Waals surface area contributed by atoms with Crippen LogP contribution in [0.25, 0.3) is 0 Å². The summed E-state index contributed by atoms with van der Waals surface area (Å²) in [5, 5.41) is 7.86. The Morgan fingerprint density at radius 1 is 1.75 bits per heavy atom. The monoisotopic (exact) mass is 146 g/mol. The van der Waals surface area contributed by atoms with Crippen molar-refractivity contribution in [1.82, 2.24) is 0 Å². The van der Waals surface area contributed by atoms with Crippen molar-refractivity contribution in [2.75, 3.05) is 0 Å². The normalized spacial score (nSPS) is 7.88. The Balaban J connectivity index is -0.0000000600. The summed E-state index contributed by atoms with van der Waals surface area (Å²) in [4.78, 5) is 9.59. The molecule has 0 aliphatic carbocycles. The van der Waals surface area contributed by atoms with E-state index in [1.54, 1.807) is 13.8 Å². The number of carbonyl (C=O) groups is 1. The van der Waals surface area contributed by atoms with Crippen molar-refractivity contribution < 1.29 is 17.5 Å². The van der Waals surface area contributed by atoms with E-state index < -0.39 is 6.16 Å². The molecular formula is C4H10CaO3. The van der Waals surface area contributed by atoms with Crippen LogP contribution in [0.2, 0.25) is 0 Å². The Hall–Kier alpha value is 0.530. The summed E-state index contributed by atoms with van der Waals surface area (Å²) in [5.41, 5.74) is 0. The minimum atomic E-state index is -1.21. The van der Waals surface area contributed by atoms with E-state index >= 15 is 0 Å². The maximum Gasteiger partial charge on any atom is 2.00 e. The van der Waals surface area contributed by atoms with Gasteiger partial charge in [-0.25, -0.2) is 4.79 Å². The van der Waals surface area contributed by atoms with E-state index in [2.05, 4.69) is 4.74 Å². The molecule has 0 saturated carbocycles. The van der Waals surface area contributed by atoms with Crippen molar-refractivity contribution in [2.24, 2.45) is 0 Å². The van der Waals surface area contributed by atoms with Crippen molar-refractivity contribution in [2.45, 2.75) is 20.0 Å². The molecule has 0 heterocycles. The fraction of sp³-hybridized carbons (Fsp3) is 0.750. The first-order valence-corrected chi connectivity index (χ1v) is 2.02. The average molecular weight is 146 g/mol. The van der Waals surface area contributed by atoms with E-state index in [-0.39, 0.29) is 46.7 Å². The Morgan fingerprint density at radius 2 is 2.12 bits per heavy atom. The van der Waals surface area contributed by atoms with Gasteiger partial charge in [0, 0.05) is 0 Å². The van der Waals surface area contributed by atoms with Gasteiger partial charge >= 0.3 is 43.9 Å². The van der Waals surface area contributed by atoms with Gasteiger partial charge in [0.15, 0.2) is 0 Å². The Labute approximate surface area is 81.0 Å². The molecule has 0 aromatic rings. The van der Waals surface area contributed by atoms with Gasteiger partial charge in [-0.15, -0.1) is 0 Å². The molecule has 0 saturated heterocycles. The number of hydrogen-bond acceptors (Lipinski definition) is 2. The predicted molar refractivity (Wildman–Crippen MR) is 32.2 cm³/mol. The molecule has 0 aliphatic heterocycles. The summed E-state index contributed by atoms with van der Waals surface area (Å²) < 4.78 is 4.17. The maximum atomic E-state index is 9.59. The first-order valence-electron chi connectivity index (χ1n) is 2.02. The summed E-state index contributed by atoms with van der Waals surface area (Å²) in [7, 11) is 0. The summed E-state index contributed by atoms with van der Waals surface area (Å²) >= 11 is 0. The molecule has 0 aromatic carbocycles. The largest absolute Gasteiger partial charge is 2.00 e. The van der Waals surface area contributed by atoms with Crippen LogP contribution < -0.4 is 0 Å². The van der Waals surface area contributed by atoms with E-state index in [4.69, 9.17) is 5.11 Å². The third kappa shape index (κ3) is 9.73. The zero-order valence-electron chi connectivity index (χ0n) is 7.05.